The molecule has 0 fully saturated rings. The third-order valence-electron chi connectivity index (χ3n) is 5.88. The predicted molar refractivity (Wildman–Crippen MR) is 86.2 cm³/mol. The largest absolute Gasteiger partial charge is 0.505 e. The molecule has 3 aliphatic carbocycles. The van der Waals surface area contributed by atoms with Gasteiger partial charge in [-0.25, -0.2) is 0 Å². The number of hydrogen-bond acceptors (Lipinski definition) is 5. The van der Waals surface area contributed by atoms with E-state index in [-0.39, 0.29) is 23.3 Å². The number of nitro benzene ring substituents is 1. The molecule has 1 aromatic carbocycles. The molecule has 4 atom stereocenters. The lowest BCUT2D eigenvalue weighted by Gasteiger charge is -2.45. The van der Waals surface area contributed by atoms with Crippen molar-refractivity contribution in [3.05, 3.63) is 57.4 Å². The second-order valence-electron chi connectivity index (χ2n) is 7.00. The molecule has 0 aliphatic heterocycles. The Bertz CT molecular complexity index is 840. The van der Waals surface area contributed by atoms with Gasteiger partial charge in [0.1, 0.15) is 0 Å². The van der Waals surface area contributed by atoms with E-state index in [9.17, 15) is 25.1 Å². The fraction of sp³-hybridized carbons (Fsp3) is 0.389. The van der Waals surface area contributed by atoms with Gasteiger partial charge in [-0.1, -0.05) is 12.1 Å². The lowest BCUT2D eigenvalue weighted by molar-refractivity contribution is -0.384. The van der Waals surface area contributed by atoms with Crippen molar-refractivity contribution in [1.82, 2.24) is 0 Å². The van der Waals surface area contributed by atoms with Crippen molar-refractivity contribution in [2.45, 2.75) is 25.9 Å². The summed E-state index contributed by atoms with van der Waals surface area (Å²) in [5.74, 6) is -1.06. The first-order chi connectivity index (χ1) is 11.3. The van der Waals surface area contributed by atoms with Gasteiger partial charge in [-0.2, -0.15) is 0 Å². The number of fused-ring (bicyclic) bond motifs is 5. The van der Waals surface area contributed by atoms with Gasteiger partial charge in [0.2, 0.25) is 5.78 Å². The summed E-state index contributed by atoms with van der Waals surface area (Å²) in [6.45, 7) is 1.68. The molecule has 0 spiro atoms. The number of aryl methyl sites for hydroxylation is 1. The van der Waals surface area contributed by atoms with Crippen LogP contribution in [0.25, 0.3) is 5.57 Å². The number of ketones is 1. The summed E-state index contributed by atoms with van der Waals surface area (Å²) in [5.41, 5.74) is 1.58. The molecule has 0 aromatic heterocycles. The molecule has 3 aliphatic rings. The topological polar surface area (TPSA) is 101 Å². The summed E-state index contributed by atoms with van der Waals surface area (Å²) in [6, 6.07) is 4.80. The summed E-state index contributed by atoms with van der Waals surface area (Å²) < 4.78 is 0. The fourth-order valence-corrected chi connectivity index (χ4v) is 4.47. The molecular formula is C18H17NO5. The minimum Gasteiger partial charge on any atom is -0.505 e. The fourth-order valence-electron chi connectivity index (χ4n) is 4.47. The zero-order chi connectivity index (χ0) is 17.2. The minimum atomic E-state index is -1.06. The van der Waals surface area contributed by atoms with Gasteiger partial charge in [0.05, 0.1) is 16.4 Å². The quantitative estimate of drug-likeness (QED) is 0.610. The lowest BCUT2D eigenvalue weighted by atomic mass is 9.58. The van der Waals surface area contributed by atoms with Gasteiger partial charge in [-0.05, 0) is 48.5 Å². The third-order valence-corrected chi connectivity index (χ3v) is 5.88. The number of benzene rings is 1. The number of nitrogens with zero attached hydrogens (tertiary/aromatic N) is 1. The monoisotopic (exact) mass is 327 g/mol. The number of rotatable bonds is 1. The number of non-ortho nitro benzene ring substituents is 1. The Morgan fingerprint density at radius 3 is 2.79 bits per heavy atom. The van der Waals surface area contributed by atoms with Crippen LogP contribution in [-0.4, -0.2) is 27.0 Å². The van der Waals surface area contributed by atoms with Crippen molar-refractivity contribution in [3.63, 3.8) is 0 Å². The number of Topliss-reactive ketones (excluding diaryl/α,β-unsaturated/α-hetero) is 1. The van der Waals surface area contributed by atoms with E-state index in [1.807, 2.05) is 0 Å². The zero-order valence-electron chi connectivity index (χ0n) is 13.1. The number of carbonyl (C=O) groups excluding carboxylic acids is 1. The maximum absolute atomic E-state index is 12.3. The maximum atomic E-state index is 12.3. The number of allylic oxidation sites excluding steroid dienone is 3. The first kappa shape index (κ1) is 15.1. The molecule has 0 heterocycles. The van der Waals surface area contributed by atoms with Crippen LogP contribution >= 0.6 is 0 Å². The molecule has 6 heteroatoms. The van der Waals surface area contributed by atoms with E-state index < -0.39 is 22.2 Å². The molecule has 124 valence electrons. The molecule has 2 N–H and O–H groups in total. The van der Waals surface area contributed by atoms with Crippen LogP contribution in [0, 0.1) is 27.4 Å². The summed E-state index contributed by atoms with van der Waals surface area (Å²) in [7, 11) is 0. The van der Waals surface area contributed by atoms with Gasteiger partial charge in [0, 0.05) is 18.1 Å². The Morgan fingerprint density at radius 1 is 1.33 bits per heavy atom. The Labute approximate surface area is 138 Å². The SMILES string of the molecule is C[C@@]12C(=O)C(O)=C[C@@H]1[C@@H]1CCc3ccc([N+](=O)[O-])cc3C1=C[C@@H]2O. The van der Waals surface area contributed by atoms with Crippen LogP contribution in [0.4, 0.5) is 5.69 Å². The second kappa shape index (κ2) is 4.77. The van der Waals surface area contributed by atoms with Gasteiger partial charge < -0.3 is 10.2 Å². The van der Waals surface area contributed by atoms with Crippen molar-refractivity contribution in [3.8, 4) is 0 Å². The number of aliphatic hydroxyl groups excluding tert-OH is 2. The Kier molecular flexibility index (Phi) is 3.00. The Balaban J connectivity index is 1.88. The first-order valence-electron chi connectivity index (χ1n) is 7.97. The second-order valence-corrected chi connectivity index (χ2v) is 7.00. The highest BCUT2D eigenvalue weighted by Gasteiger charge is 2.57. The standard InChI is InChI=1S/C18H17NO5/c1-18-14(8-15(20)17(18)22)11-5-3-9-2-4-10(19(23)24)6-12(9)13(11)7-16(18)21/h2,4,6-8,11,14,16,20-21H,3,5H2,1H3/t11-,14-,16+,18-/m1/s1. The van der Waals surface area contributed by atoms with Crippen molar-refractivity contribution in [2.24, 2.45) is 17.3 Å². The summed E-state index contributed by atoms with van der Waals surface area (Å²) in [5, 5.41) is 31.6. The van der Waals surface area contributed by atoms with Crippen LogP contribution in [0.3, 0.4) is 0 Å². The molecule has 0 saturated carbocycles. The number of nitro groups is 1. The summed E-state index contributed by atoms with van der Waals surface area (Å²) in [4.78, 5) is 23.0. The van der Waals surface area contributed by atoms with E-state index in [0.29, 0.717) is 0 Å². The molecule has 0 unspecified atom stereocenters. The summed E-state index contributed by atoms with van der Waals surface area (Å²) in [6.07, 6.45) is 3.69. The van der Waals surface area contributed by atoms with Gasteiger partial charge in [-0.3, -0.25) is 14.9 Å². The first-order valence-corrected chi connectivity index (χ1v) is 7.97. The Hall–Kier alpha value is -2.47. The lowest BCUT2D eigenvalue weighted by Crippen LogP contribution is -2.48. The molecule has 0 saturated heterocycles. The van der Waals surface area contributed by atoms with Gasteiger partial charge >= 0.3 is 0 Å². The maximum Gasteiger partial charge on any atom is 0.270 e. The average Bonchev–Trinajstić information content (AvgIpc) is 2.80. The molecule has 24 heavy (non-hydrogen) atoms. The van der Waals surface area contributed by atoms with E-state index in [4.69, 9.17) is 0 Å². The zero-order valence-corrected chi connectivity index (χ0v) is 13.1. The number of hydrogen-bond donors (Lipinski definition) is 2. The highest BCUT2D eigenvalue weighted by molar-refractivity contribution is 6.02. The van der Waals surface area contributed by atoms with E-state index in [0.717, 1.165) is 29.5 Å². The van der Waals surface area contributed by atoms with Gasteiger partial charge in [-0.15, -0.1) is 0 Å². The van der Waals surface area contributed by atoms with Gasteiger partial charge in [0.15, 0.2) is 5.76 Å². The van der Waals surface area contributed by atoms with Gasteiger partial charge in [0.25, 0.3) is 5.69 Å². The van der Waals surface area contributed by atoms with Crippen molar-refractivity contribution in [2.75, 3.05) is 0 Å². The Morgan fingerprint density at radius 2 is 2.08 bits per heavy atom. The molecule has 0 amide bonds. The molecule has 6 nitrogen and oxygen atoms in total. The van der Waals surface area contributed by atoms with E-state index >= 15 is 0 Å². The van der Waals surface area contributed by atoms with E-state index in [1.54, 1.807) is 31.2 Å². The molecule has 0 bridgehead atoms. The van der Waals surface area contributed by atoms with Crippen LogP contribution in [0.2, 0.25) is 0 Å². The highest BCUT2D eigenvalue weighted by atomic mass is 16.6. The summed E-state index contributed by atoms with van der Waals surface area (Å²) >= 11 is 0. The van der Waals surface area contributed by atoms with Crippen LogP contribution in [-0.2, 0) is 11.2 Å². The van der Waals surface area contributed by atoms with E-state index in [2.05, 4.69) is 0 Å². The third kappa shape index (κ3) is 1.77. The minimum absolute atomic E-state index is 0.0130. The number of carbonyl (C=O) groups is 1. The smallest absolute Gasteiger partial charge is 0.270 e. The van der Waals surface area contributed by atoms with Crippen LogP contribution in [0.1, 0.15) is 24.5 Å². The average molecular weight is 327 g/mol. The molecule has 0 radical (unpaired) electrons. The molecule has 1 aromatic rings. The predicted octanol–water partition coefficient (Wildman–Crippen LogP) is 2.56. The van der Waals surface area contributed by atoms with Crippen LogP contribution < -0.4 is 0 Å². The number of aliphatic hydroxyl groups is 2. The van der Waals surface area contributed by atoms with E-state index in [1.165, 1.54) is 6.07 Å². The van der Waals surface area contributed by atoms with Crippen LogP contribution in [0.5, 0.6) is 0 Å². The van der Waals surface area contributed by atoms with Crippen molar-refractivity contribution in [1.29, 1.82) is 0 Å². The molecule has 4 rings (SSSR count). The normalized spacial score (nSPS) is 33.9. The molecular weight excluding hydrogens is 310 g/mol. The van der Waals surface area contributed by atoms with Crippen molar-refractivity contribution >= 4 is 17.0 Å². The van der Waals surface area contributed by atoms with Crippen LogP contribution in [0.15, 0.2) is 36.1 Å². The van der Waals surface area contributed by atoms with Crippen molar-refractivity contribution < 1.29 is 19.9 Å². The highest BCUT2D eigenvalue weighted by Crippen LogP contribution is 2.55.